The number of anilines is 2. The minimum atomic E-state index is -4.62. The molecule has 0 aliphatic heterocycles. The molecule has 0 saturated heterocycles. The zero-order chi connectivity index (χ0) is 23.3. The molecule has 2 amide bonds. The van der Waals surface area contributed by atoms with E-state index in [1.807, 2.05) is 0 Å². The van der Waals surface area contributed by atoms with E-state index in [0.717, 1.165) is 12.1 Å². The summed E-state index contributed by atoms with van der Waals surface area (Å²) in [5, 5.41) is 17.6. The molecule has 0 heterocycles. The van der Waals surface area contributed by atoms with E-state index >= 15 is 0 Å². The van der Waals surface area contributed by atoms with Gasteiger partial charge in [-0.3, -0.25) is 19.7 Å². The minimum Gasteiger partial charge on any atom is -0.376 e. The number of hydrogen-bond donors (Lipinski definition) is 3. The number of hydrogen-bond acceptors (Lipinski definition) is 5. The van der Waals surface area contributed by atoms with Crippen LogP contribution < -0.4 is 16.0 Å². The summed E-state index contributed by atoms with van der Waals surface area (Å²) in [5.74, 6) is -2.53. The summed E-state index contributed by atoms with van der Waals surface area (Å²) in [6, 6.07) is 5.80. The molecule has 2 aromatic carbocycles. The highest BCUT2D eigenvalue weighted by Crippen LogP contribution is 2.23. The molecule has 0 fully saturated rings. The molecule has 0 unspecified atom stereocenters. The van der Waals surface area contributed by atoms with Crippen LogP contribution in [0.25, 0.3) is 0 Å². The number of nitro benzene ring substituents is 1. The van der Waals surface area contributed by atoms with Gasteiger partial charge in [-0.15, -0.1) is 0 Å². The van der Waals surface area contributed by atoms with Crippen LogP contribution in [0.3, 0.4) is 0 Å². The number of benzene rings is 2. The number of halogens is 4. The van der Waals surface area contributed by atoms with Gasteiger partial charge in [0.05, 0.1) is 11.5 Å². The molecule has 0 radical (unpaired) electrons. The number of nitrogens with one attached hydrogen (secondary N) is 3. The SMILES string of the molecule is Cc1cc([N+](=O)[O-])ccc1NC(=O)CNc1cc(C(=O)NCC(F)(F)F)cc(F)c1C. The van der Waals surface area contributed by atoms with Gasteiger partial charge in [0.2, 0.25) is 5.91 Å². The molecule has 0 spiro atoms. The molecule has 12 heteroatoms. The lowest BCUT2D eigenvalue weighted by Crippen LogP contribution is -2.33. The van der Waals surface area contributed by atoms with Crippen molar-refractivity contribution in [2.45, 2.75) is 20.0 Å². The van der Waals surface area contributed by atoms with Gasteiger partial charge in [0.15, 0.2) is 0 Å². The van der Waals surface area contributed by atoms with E-state index in [-0.39, 0.29) is 29.0 Å². The van der Waals surface area contributed by atoms with Crippen molar-refractivity contribution in [1.82, 2.24) is 5.32 Å². The maximum absolute atomic E-state index is 14.1. The van der Waals surface area contributed by atoms with Crippen molar-refractivity contribution in [3.05, 3.63) is 63.0 Å². The van der Waals surface area contributed by atoms with Crippen molar-refractivity contribution in [2.75, 3.05) is 23.7 Å². The Morgan fingerprint density at radius 1 is 1.10 bits per heavy atom. The molecule has 2 aromatic rings. The fraction of sp³-hybridized carbons (Fsp3) is 0.263. The predicted octanol–water partition coefficient (Wildman–Crippen LogP) is 3.69. The zero-order valence-electron chi connectivity index (χ0n) is 16.4. The molecule has 8 nitrogen and oxygen atoms in total. The molecular weight excluding hydrogens is 424 g/mol. The molecule has 2 rings (SSSR count). The molecule has 0 saturated carbocycles. The van der Waals surface area contributed by atoms with Crippen LogP contribution in [0.2, 0.25) is 0 Å². The van der Waals surface area contributed by atoms with Crippen molar-refractivity contribution >= 4 is 28.9 Å². The summed E-state index contributed by atoms with van der Waals surface area (Å²) in [5.41, 5.74) is 0.412. The topological polar surface area (TPSA) is 113 Å². The number of carbonyl (C=O) groups excluding carboxylic acids is 2. The van der Waals surface area contributed by atoms with Crippen molar-refractivity contribution in [3.63, 3.8) is 0 Å². The highest BCUT2D eigenvalue weighted by Gasteiger charge is 2.28. The number of nitrogens with zero attached hydrogens (tertiary/aromatic N) is 1. The van der Waals surface area contributed by atoms with E-state index in [1.165, 1.54) is 25.1 Å². The van der Waals surface area contributed by atoms with Gasteiger partial charge in [-0.05, 0) is 37.6 Å². The van der Waals surface area contributed by atoms with Gasteiger partial charge in [0.1, 0.15) is 12.4 Å². The van der Waals surface area contributed by atoms with Crippen LogP contribution in [0.4, 0.5) is 34.6 Å². The third kappa shape index (κ3) is 6.66. The fourth-order valence-electron chi connectivity index (χ4n) is 2.55. The summed E-state index contributed by atoms with van der Waals surface area (Å²) in [6.07, 6.45) is -4.62. The first-order valence-corrected chi connectivity index (χ1v) is 8.81. The van der Waals surface area contributed by atoms with Crippen LogP contribution in [-0.2, 0) is 4.79 Å². The largest absolute Gasteiger partial charge is 0.405 e. The lowest BCUT2D eigenvalue weighted by molar-refractivity contribution is -0.384. The van der Waals surface area contributed by atoms with Crippen molar-refractivity contribution in [1.29, 1.82) is 0 Å². The summed E-state index contributed by atoms with van der Waals surface area (Å²) in [4.78, 5) is 34.2. The monoisotopic (exact) mass is 442 g/mol. The number of rotatable bonds is 7. The molecule has 3 N–H and O–H groups in total. The quantitative estimate of drug-likeness (QED) is 0.344. The van der Waals surface area contributed by atoms with E-state index < -0.39 is 35.3 Å². The van der Waals surface area contributed by atoms with Gasteiger partial charge in [0.25, 0.3) is 11.6 Å². The maximum atomic E-state index is 14.1. The molecule has 0 aliphatic rings. The Morgan fingerprint density at radius 3 is 2.35 bits per heavy atom. The molecule has 0 aromatic heterocycles. The van der Waals surface area contributed by atoms with Crippen molar-refractivity contribution in [2.24, 2.45) is 0 Å². The van der Waals surface area contributed by atoms with Crippen LogP contribution in [0, 0.1) is 29.8 Å². The van der Waals surface area contributed by atoms with E-state index in [0.29, 0.717) is 11.3 Å². The highest BCUT2D eigenvalue weighted by atomic mass is 19.4. The Balaban J connectivity index is 2.07. The molecule has 166 valence electrons. The number of non-ortho nitro benzene ring substituents is 1. The first-order chi connectivity index (χ1) is 14.4. The first-order valence-electron chi connectivity index (χ1n) is 8.81. The number of alkyl halides is 3. The summed E-state index contributed by atoms with van der Waals surface area (Å²) >= 11 is 0. The third-order valence-corrected chi connectivity index (χ3v) is 4.19. The second kappa shape index (κ2) is 9.41. The summed E-state index contributed by atoms with van der Waals surface area (Å²) < 4.78 is 50.9. The van der Waals surface area contributed by atoms with Crippen molar-refractivity contribution < 1.29 is 32.1 Å². The van der Waals surface area contributed by atoms with Crippen LogP contribution in [0.15, 0.2) is 30.3 Å². The normalized spacial score (nSPS) is 11.0. The van der Waals surface area contributed by atoms with Gasteiger partial charge in [-0.25, -0.2) is 4.39 Å². The third-order valence-electron chi connectivity index (χ3n) is 4.19. The van der Waals surface area contributed by atoms with Gasteiger partial charge >= 0.3 is 6.18 Å². The standard InChI is InChI=1S/C19H18F4N4O4/c1-10-5-13(27(30)31)3-4-15(10)26-17(28)8-24-16-7-12(6-14(20)11(16)2)18(29)25-9-19(21,22)23/h3-7,24H,8-9H2,1-2H3,(H,25,29)(H,26,28). The van der Waals surface area contributed by atoms with Crippen molar-refractivity contribution in [3.8, 4) is 0 Å². The van der Waals surface area contributed by atoms with Crippen LogP contribution in [0.5, 0.6) is 0 Å². The number of nitro groups is 1. The molecule has 31 heavy (non-hydrogen) atoms. The minimum absolute atomic E-state index is 0.0488. The first kappa shape index (κ1) is 23.6. The Labute approximate surface area is 173 Å². The summed E-state index contributed by atoms with van der Waals surface area (Å²) in [7, 11) is 0. The molecule has 0 bridgehead atoms. The molecule has 0 atom stereocenters. The Hall–Kier alpha value is -3.70. The zero-order valence-corrected chi connectivity index (χ0v) is 16.4. The van der Waals surface area contributed by atoms with E-state index in [2.05, 4.69) is 10.6 Å². The number of carbonyl (C=O) groups is 2. The summed E-state index contributed by atoms with van der Waals surface area (Å²) in [6.45, 7) is 1.01. The smallest absolute Gasteiger partial charge is 0.376 e. The highest BCUT2D eigenvalue weighted by molar-refractivity contribution is 5.97. The van der Waals surface area contributed by atoms with Gasteiger partial charge in [-0.1, -0.05) is 0 Å². The lowest BCUT2D eigenvalue weighted by atomic mass is 10.1. The fourth-order valence-corrected chi connectivity index (χ4v) is 2.55. The van der Waals surface area contributed by atoms with Gasteiger partial charge in [-0.2, -0.15) is 13.2 Å². The molecule has 0 aliphatic carbocycles. The van der Waals surface area contributed by atoms with Gasteiger partial charge in [0, 0.05) is 34.6 Å². The molecular formula is C19H18F4N4O4. The van der Waals surface area contributed by atoms with Gasteiger partial charge < -0.3 is 16.0 Å². The predicted molar refractivity (Wildman–Crippen MR) is 104 cm³/mol. The van der Waals surface area contributed by atoms with E-state index in [9.17, 15) is 37.3 Å². The Morgan fingerprint density at radius 2 is 1.77 bits per heavy atom. The lowest BCUT2D eigenvalue weighted by Gasteiger charge is -2.14. The van der Waals surface area contributed by atoms with E-state index in [4.69, 9.17) is 0 Å². The number of aryl methyl sites for hydroxylation is 1. The Bertz CT molecular complexity index is 1020. The second-order valence-electron chi connectivity index (χ2n) is 6.59. The average Bonchev–Trinajstić information content (AvgIpc) is 2.67. The number of amides is 2. The Kier molecular flexibility index (Phi) is 7.16. The van der Waals surface area contributed by atoms with Crippen LogP contribution in [-0.4, -0.2) is 36.0 Å². The maximum Gasteiger partial charge on any atom is 0.405 e. The van der Waals surface area contributed by atoms with Crippen LogP contribution >= 0.6 is 0 Å². The van der Waals surface area contributed by atoms with E-state index in [1.54, 1.807) is 12.2 Å². The average molecular weight is 442 g/mol. The van der Waals surface area contributed by atoms with Crippen LogP contribution in [0.1, 0.15) is 21.5 Å². The second-order valence-corrected chi connectivity index (χ2v) is 6.59.